The lowest BCUT2D eigenvalue weighted by atomic mass is 9.89. The van der Waals surface area contributed by atoms with Crippen molar-refractivity contribution in [1.29, 1.82) is 0 Å². The molecule has 228 valence electrons. The third-order valence-electron chi connectivity index (χ3n) is 8.27. The fourth-order valence-electron chi connectivity index (χ4n) is 6.13. The molecule has 0 unspecified atom stereocenters. The largest absolute Gasteiger partial charge is 0.377 e. The van der Waals surface area contributed by atoms with Gasteiger partial charge in [-0.15, -0.1) is 0 Å². The van der Waals surface area contributed by atoms with Gasteiger partial charge < -0.3 is 24.6 Å². The molecule has 1 aliphatic carbocycles. The number of piperidine rings is 1. The second-order valence-corrected chi connectivity index (χ2v) is 11.3. The van der Waals surface area contributed by atoms with Crippen LogP contribution in [0.15, 0.2) is 24.3 Å². The Morgan fingerprint density at radius 1 is 1.02 bits per heavy atom. The number of ether oxygens (including phenoxy) is 2. The number of ketones is 1. The van der Waals surface area contributed by atoms with Gasteiger partial charge in [-0.1, -0.05) is 26.0 Å². The Labute approximate surface area is 266 Å². The van der Waals surface area contributed by atoms with Crippen LogP contribution in [0.5, 0.6) is 0 Å². The molecule has 5 rings (SSSR count). The maximum Gasteiger partial charge on any atom is 0.251 e. The van der Waals surface area contributed by atoms with E-state index in [2.05, 4.69) is 22.3 Å². The molecule has 4 atom stereocenters. The normalized spacial score (nSPS) is 25.1. The van der Waals surface area contributed by atoms with E-state index in [1.54, 1.807) is 12.0 Å². The zero-order chi connectivity index (χ0) is 25.4. The fourth-order valence-corrected chi connectivity index (χ4v) is 6.13. The highest BCUT2D eigenvalue weighted by Gasteiger charge is 2.53. The summed E-state index contributed by atoms with van der Waals surface area (Å²) in [5, 5.41) is 2.96. The summed E-state index contributed by atoms with van der Waals surface area (Å²) in [4.78, 5) is 43.4. The number of rotatable bonds is 8. The molecule has 0 bridgehead atoms. The predicted molar refractivity (Wildman–Crippen MR) is 176 cm³/mol. The second-order valence-electron chi connectivity index (χ2n) is 11.3. The molecule has 3 heterocycles. The Balaban J connectivity index is 0.00000200. The first-order chi connectivity index (χ1) is 17.4. The number of hydrogen-bond acceptors (Lipinski definition) is 6. The van der Waals surface area contributed by atoms with Crippen LogP contribution in [-0.2, 0) is 19.1 Å². The van der Waals surface area contributed by atoms with E-state index in [-0.39, 0.29) is 96.8 Å². The van der Waals surface area contributed by atoms with Crippen LogP contribution in [0.2, 0.25) is 0 Å². The Hall–Kier alpha value is -0.890. The number of likely N-dealkylation sites (tertiary alicyclic amines) is 2. The summed E-state index contributed by atoms with van der Waals surface area (Å²) in [6, 6.07) is 7.34. The summed E-state index contributed by atoms with van der Waals surface area (Å²) < 4.78 is 11.1. The van der Waals surface area contributed by atoms with Gasteiger partial charge in [0.2, 0.25) is 5.91 Å². The van der Waals surface area contributed by atoms with Crippen molar-refractivity contribution in [2.75, 3.05) is 33.4 Å². The predicted octanol–water partition coefficient (Wildman–Crippen LogP) is 2.82. The Bertz CT molecular complexity index is 987. The number of benzene rings is 1. The van der Waals surface area contributed by atoms with Crippen molar-refractivity contribution in [3.63, 3.8) is 0 Å². The molecule has 1 aromatic carbocycles. The van der Waals surface area contributed by atoms with Gasteiger partial charge in [-0.05, 0) is 74.7 Å². The van der Waals surface area contributed by atoms with E-state index in [9.17, 15) is 14.4 Å². The number of nitrogens with zero attached hydrogens (tertiary/aromatic N) is 2. The molecule has 12 heteroatoms. The van der Waals surface area contributed by atoms with Crippen LogP contribution in [0.25, 0.3) is 0 Å². The van der Waals surface area contributed by atoms with Crippen LogP contribution in [0, 0.1) is 5.92 Å². The van der Waals surface area contributed by atoms with Crippen molar-refractivity contribution in [3.05, 3.63) is 35.4 Å². The molecule has 0 aromatic heterocycles. The van der Waals surface area contributed by atoms with Crippen LogP contribution < -0.4 is 5.32 Å². The highest BCUT2D eigenvalue weighted by atomic mass is 32.1. The van der Waals surface area contributed by atoms with Gasteiger partial charge in [-0.25, -0.2) is 0 Å². The van der Waals surface area contributed by atoms with Crippen LogP contribution in [0.3, 0.4) is 0 Å². The molecule has 40 heavy (non-hydrogen) atoms. The number of Topliss-reactive ketones (excluding diaryl/α,β-unsaturated/α-hetero) is 1. The average Bonchev–Trinajstić information content (AvgIpc) is 3.57. The summed E-state index contributed by atoms with van der Waals surface area (Å²) in [5.41, 5.74) is 1.83. The number of carbonyl (C=O) groups excluding carboxylic acids is 3. The van der Waals surface area contributed by atoms with E-state index < -0.39 is 18.2 Å². The molecule has 4 fully saturated rings. The summed E-state index contributed by atoms with van der Waals surface area (Å²) in [5.74, 6) is 0.105. The van der Waals surface area contributed by atoms with Crippen molar-refractivity contribution in [1.82, 2.24) is 15.1 Å². The van der Waals surface area contributed by atoms with E-state index in [1.165, 1.54) is 18.4 Å². The topological polar surface area (TPSA) is 88.2 Å². The second kappa shape index (κ2) is 16.1. The van der Waals surface area contributed by atoms with E-state index in [4.69, 9.17) is 9.47 Å². The van der Waals surface area contributed by atoms with Gasteiger partial charge in [0.15, 0.2) is 5.78 Å². The monoisotopic (exact) mass is 633 g/mol. The first-order valence-electron chi connectivity index (χ1n) is 13.5. The Morgan fingerprint density at radius 3 is 2.20 bits per heavy atom. The maximum atomic E-state index is 13.6. The molecule has 4 aliphatic rings. The number of fused-ring (bicyclic) bond motifs is 1. The Kier molecular flexibility index (Phi) is 14.9. The number of nitrogens with one attached hydrogen (secondary N) is 1. The van der Waals surface area contributed by atoms with Crippen molar-refractivity contribution >= 4 is 71.6 Å². The highest BCUT2D eigenvalue weighted by Crippen LogP contribution is 2.35. The molecular weight excluding hydrogens is 587 g/mol. The number of hydrogen-bond donors (Lipinski definition) is 1. The van der Waals surface area contributed by atoms with Gasteiger partial charge in [0.1, 0.15) is 30.9 Å². The zero-order valence-corrected chi connectivity index (χ0v) is 27.7. The minimum absolute atomic E-state index is 0. The van der Waals surface area contributed by atoms with Gasteiger partial charge in [0.25, 0.3) is 5.91 Å². The molecule has 0 spiro atoms. The number of amides is 2. The van der Waals surface area contributed by atoms with E-state index in [0.717, 1.165) is 32.0 Å². The molecule has 3 aliphatic heterocycles. The lowest BCUT2D eigenvalue weighted by Crippen LogP contribution is -2.52. The summed E-state index contributed by atoms with van der Waals surface area (Å²) in [6.07, 6.45) is 4.74. The standard InChI is InChI=1S/C28H39N3O5.4H2S/c1-17(2)14-22(28(34)31-15-24(35-3)26-25(31)23(32)16-36-26)29-27(33)20-6-4-18(5-7-20)19-10-12-30(13-11-19)21-8-9-21;;;;/h4-7,17,19,21-22,24-26H,8-16H2,1-3H3,(H,29,33);4*1H2/t22-,24-,25+,26+;;;;/m0..../s1. The average molecular weight is 634 g/mol. The number of carbonyl (C=O) groups is 3. The molecular formula is C28H47N3O5S4. The van der Waals surface area contributed by atoms with Crippen LogP contribution in [0.4, 0.5) is 0 Å². The van der Waals surface area contributed by atoms with Crippen LogP contribution in [-0.4, -0.2) is 91.1 Å². The quantitative estimate of drug-likeness (QED) is 0.474. The molecule has 2 amide bonds. The van der Waals surface area contributed by atoms with Gasteiger partial charge in [0.05, 0.1) is 6.54 Å². The van der Waals surface area contributed by atoms with Gasteiger partial charge in [-0.3, -0.25) is 14.4 Å². The van der Waals surface area contributed by atoms with E-state index in [1.807, 2.05) is 26.0 Å². The summed E-state index contributed by atoms with van der Waals surface area (Å²) in [6.45, 7) is 6.63. The SMILES string of the molecule is CO[C@H]1CN(C(=O)[C@H](CC(C)C)NC(=O)c2ccc(C3CCN(C4CC4)CC3)cc2)[C@@H]2C(=O)CO[C@H]12.S.S.S.S. The molecule has 1 aromatic rings. The molecule has 8 nitrogen and oxygen atoms in total. The summed E-state index contributed by atoms with van der Waals surface area (Å²) in [7, 11) is 1.56. The van der Waals surface area contributed by atoms with Gasteiger partial charge in [-0.2, -0.15) is 54.0 Å². The fraction of sp³-hybridized carbons (Fsp3) is 0.679. The van der Waals surface area contributed by atoms with Crippen LogP contribution in [0.1, 0.15) is 67.8 Å². The van der Waals surface area contributed by atoms with Crippen molar-refractivity contribution in [2.45, 2.75) is 82.2 Å². The third-order valence-corrected chi connectivity index (χ3v) is 8.27. The number of methoxy groups -OCH3 is 1. The van der Waals surface area contributed by atoms with E-state index >= 15 is 0 Å². The molecule has 0 radical (unpaired) electrons. The third kappa shape index (κ3) is 8.14. The minimum Gasteiger partial charge on any atom is -0.377 e. The van der Waals surface area contributed by atoms with Crippen molar-refractivity contribution in [3.8, 4) is 0 Å². The Morgan fingerprint density at radius 2 is 1.65 bits per heavy atom. The highest BCUT2D eigenvalue weighted by molar-refractivity contribution is 7.59. The lowest BCUT2D eigenvalue weighted by Gasteiger charge is -2.32. The minimum atomic E-state index is -0.714. The smallest absolute Gasteiger partial charge is 0.251 e. The maximum absolute atomic E-state index is 13.6. The van der Waals surface area contributed by atoms with Gasteiger partial charge >= 0.3 is 0 Å². The van der Waals surface area contributed by atoms with Crippen molar-refractivity contribution in [2.24, 2.45) is 5.92 Å². The molecule has 3 saturated heterocycles. The van der Waals surface area contributed by atoms with E-state index in [0.29, 0.717) is 17.9 Å². The van der Waals surface area contributed by atoms with Gasteiger partial charge in [0, 0.05) is 18.7 Å². The summed E-state index contributed by atoms with van der Waals surface area (Å²) >= 11 is 0. The van der Waals surface area contributed by atoms with Crippen LogP contribution >= 0.6 is 54.0 Å². The first-order valence-corrected chi connectivity index (χ1v) is 13.5. The lowest BCUT2D eigenvalue weighted by molar-refractivity contribution is -0.138. The molecule has 1 N–H and O–H groups in total. The first kappa shape index (κ1) is 37.1. The zero-order valence-electron chi connectivity index (χ0n) is 23.7. The molecule has 1 saturated carbocycles. The van der Waals surface area contributed by atoms with Crippen molar-refractivity contribution < 1.29 is 23.9 Å².